The van der Waals surface area contributed by atoms with Crippen LogP contribution in [0, 0.1) is 13.8 Å². The normalized spacial score (nSPS) is 10.3. The lowest BCUT2D eigenvalue weighted by Crippen LogP contribution is -2.16. The highest BCUT2D eigenvalue weighted by Crippen LogP contribution is 2.30. The zero-order valence-corrected chi connectivity index (χ0v) is 12.0. The first kappa shape index (κ1) is 14.1. The molecule has 0 radical (unpaired) electrons. The van der Waals surface area contributed by atoms with Gasteiger partial charge in [-0.25, -0.2) is 0 Å². The Kier molecular flexibility index (Phi) is 3.81. The number of benzene rings is 1. The fraction of sp³-hybridized carbons (Fsp3) is 0.143. The monoisotopic (exact) mass is 290 g/mol. The van der Waals surface area contributed by atoms with Crippen LogP contribution < -0.4 is 16.8 Å². The zero-order valence-electron chi connectivity index (χ0n) is 11.2. The first-order chi connectivity index (χ1) is 9.38. The number of nitrogens with two attached hydrogens (primary N) is 2. The number of nitrogens with one attached hydrogen (secondary N) is 1. The standard InChI is InChI=1S/C14H15ClN4O/c1-7-5-12(13(14(17)20)8(2)18-7)19-11-6-9(16)3-4-10(11)15/h3-6H,16H2,1-2H3,(H2,17,20)(H,18,19). The molecule has 5 nitrogen and oxygen atoms in total. The highest BCUT2D eigenvalue weighted by atomic mass is 35.5. The number of aryl methyl sites for hydroxylation is 2. The lowest BCUT2D eigenvalue weighted by molar-refractivity contribution is 0.1000. The Morgan fingerprint density at radius 3 is 2.60 bits per heavy atom. The molecule has 0 spiro atoms. The summed E-state index contributed by atoms with van der Waals surface area (Å²) in [5, 5.41) is 3.59. The van der Waals surface area contributed by atoms with Gasteiger partial charge in [0, 0.05) is 11.4 Å². The van der Waals surface area contributed by atoms with Crippen LogP contribution in [0.25, 0.3) is 0 Å². The van der Waals surface area contributed by atoms with Crippen molar-refractivity contribution < 1.29 is 4.79 Å². The van der Waals surface area contributed by atoms with Gasteiger partial charge in [-0.3, -0.25) is 9.78 Å². The summed E-state index contributed by atoms with van der Waals surface area (Å²) in [5.41, 5.74) is 14.6. The Bertz CT molecular complexity index is 685. The predicted molar refractivity (Wildman–Crippen MR) is 81.4 cm³/mol. The van der Waals surface area contributed by atoms with Gasteiger partial charge in [-0.1, -0.05) is 11.6 Å². The second-order valence-electron chi connectivity index (χ2n) is 4.50. The Morgan fingerprint density at radius 1 is 1.25 bits per heavy atom. The van der Waals surface area contributed by atoms with Crippen LogP contribution in [0.4, 0.5) is 17.1 Å². The van der Waals surface area contributed by atoms with Crippen molar-refractivity contribution in [2.75, 3.05) is 11.1 Å². The molecule has 5 N–H and O–H groups in total. The highest BCUT2D eigenvalue weighted by molar-refractivity contribution is 6.33. The van der Waals surface area contributed by atoms with E-state index < -0.39 is 5.91 Å². The molecule has 1 aromatic carbocycles. The number of hydrogen-bond acceptors (Lipinski definition) is 4. The molecular weight excluding hydrogens is 276 g/mol. The minimum atomic E-state index is -0.544. The third-order valence-electron chi connectivity index (χ3n) is 2.83. The Labute approximate surface area is 121 Å². The number of anilines is 3. The van der Waals surface area contributed by atoms with E-state index in [4.69, 9.17) is 23.1 Å². The van der Waals surface area contributed by atoms with Gasteiger partial charge in [-0.05, 0) is 38.1 Å². The smallest absolute Gasteiger partial charge is 0.252 e. The predicted octanol–water partition coefficient (Wildman–Crippen LogP) is 2.78. The summed E-state index contributed by atoms with van der Waals surface area (Å²) in [7, 11) is 0. The summed E-state index contributed by atoms with van der Waals surface area (Å²) in [6.45, 7) is 3.57. The van der Waals surface area contributed by atoms with Crippen molar-refractivity contribution in [1.82, 2.24) is 4.98 Å². The van der Waals surface area contributed by atoms with Crippen LogP contribution in [0.2, 0.25) is 5.02 Å². The van der Waals surface area contributed by atoms with Crippen molar-refractivity contribution in [2.45, 2.75) is 13.8 Å². The van der Waals surface area contributed by atoms with Gasteiger partial charge < -0.3 is 16.8 Å². The zero-order chi connectivity index (χ0) is 14.9. The Balaban J connectivity index is 2.53. The van der Waals surface area contributed by atoms with Gasteiger partial charge in [0.2, 0.25) is 0 Å². The molecule has 0 aliphatic heterocycles. The third kappa shape index (κ3) is 2.83. The second-order valence-corrected chi connectivity index (χ2v) is 4.91. The third-order valence-corrected chi connectivity index (χ3v) is 3.16. The van der Waals surface area contributed by atoms with Crippen LogP contribution >= 0.6 is 11.6 Å². The summed E-state index contributed by atoms with van der Waals surface area (Å²) < 4.78 is 0. The van der Waals surface area contributed by atoms with E-state index in [1.54, 1.807) is 31.2 Å². The van der Waals surface area contributed by atoms with Gasteiger partial charge in [0.25, 0.3) is 5.91 Å². The molecule has 1 aromatic heterocycles. The second kappa shape index (κ2) is 5.38. The fourth-order valence-electron chi connectivity index (χ4n) is 2.02. The molecule has 2 aromatic rings. The Morgan fingerprint density at radius 2 is 1.95 bits per heavy atom. The van der Waals surface area contributed by atoms with Crippen LogP contribution in [-0.2, 0) is 0 Å². The minimum absolute atomic E-state index is 0.342. The van der Waals surface area contributed by atoms with E-state index in [0.717, 1.165) is 5.69 Å². The van der Waals surface area contributed by atoms with Gasteiger partial charge >= 0.3 is 0 Å². The molecule has 0 aliphatic rings. The molecule has 2 rings (SSSR count). The molecule has 0 atom stereocenters. The van der Waals surface area contributed by atoms with Crippen LogP contribution in [-0.4, -0.2) is 10.9 Å². The average molecular weight is 291 g/mol. The Hall–Kier alpha value is -2.27. The van der Waals surface area contributed by atoms with Crippen molar-refractivity contribution in [1.29, 1.82) is 0 Å². The maximum Gasteiger partial charge on any atom is 0.252 e. The topological polar surface area (TPSA) is 94.0 Å². The van der Waals surface area contributed by atoms with E-state index in [0.29, 0.717) is 33.3 Å². The molecule has 0 saturated carbocycles. The maximum atomic E-state index is 11.6. The van der Waals surface area contributed by atoms with Gasteiger partial charge in [-0.15, -0.1) is 0 Å². The molecule has 20 heavy (non-hydrogen) atoms. The van der Waals surface area contributed by atoms with E-state index in [1.165, 1.54) is 0 Å². The summed E-state index contributed by atoms with van der Waals surface area (Å²) in [6.07, 6.45) is 0. The molecule has 0 bridgehead atoms. The average Bonchev–Trinajstić information content (AvgIpc) is 2.32. The van der Waals surface area contributed by atoms with Crippen molar-refractivity contribution in [3.8, 4) is 0 Å². The van der Waals surface area contributed by atoms with E-state index in [2.05, 4.69) is 10.3 Å². The SMILES string of the molecule is Cc1cc(Nc2cc(N)ccc2Cl)c(C(N)=O)c(C)n1. The lowest BCUT2D eigenvalue weighted by atomic mass is 10.1. The van der Waals surface area contributed by atoms with E-state index >= 15 is 0 Å². The van der Waals surface area contributed by atoms with Crippen LogP contribution in [0.15, 0.2) is 24.3 Å². The van der Waals surface area contributed by atoms with Crippen LogP contribution in [0.3, 0.4) is 0 Å². The number of carbonyl (C=O) groups is 1. The minimum Gasteiger partial charge on any atom is -0.399 e. The van der Waals surface area contributed by atoms with Gasteiger partial charge in [0.15, 0.2) is 0 Å². The van der Waals surface area contributed by atoms with Crippen molar-refractivity contribution in [2.24, 2.45) is 5.73 Å². The molecule has 0 saturated heterocycles. The van der Waals surface area contributed by atoms with E-state index in [9.17, 15) is 4.79 Å². The number of nitrogens with zero attached hydrogens (tertiary/aromatic N) is 1. The lowest BCUT2D eigenvalue weighted by Gasteiger charge is -2.14. The number of halogens is 1. The van der Waals surface area contributed by atoms with E-state index in [-0.39, 0.29) is 0 Å². The van der Waals surface area contributed by atoms with Crippen molar-refractivity contribution in [3.63, 3.8) is 0 Å². The number of primary amides is 1. The number of amides is 1. The highest BCUT2D eigenvalue weighted by Gasteiger charge is 2.14. The number of pyridine rings is 1. The molecule has 6 heteroatoms. The summed E-state index contributed by atoms with van der Waals surface area (Å²) in [6, 6.07) is 6.82. The van der Waals surface area contributed by atoms with Crippen LogP contribution in [0.1, 0.15) is 21.7 Å². The summed E-state index contributed by atoms with van der Waals surface area (Å²) >= 11 is 6.11. The van der Waals surface area contributed by atoms with Crippen molar-refractivity contribution in [3.05, 3.63) is 46.2 Å². The summed E-state index contributed by atoms with van der Waals surface area (Å²) in [4.78, 5) is 15.8. The maximum absolute atomic E-state index is 11.6. The molecule has 1 heterocycles. The van der Waals surface area contributed by atoms with Crippen LogP contribution in [0.5, 0.6) is 0 Å². The molecule has 1 amide bonds. The largest absolute Gasteiger partial charge is 0.399 e. The number of aromatic nitrogens is 1. The molecule has 104 valence electrons. The molecule has 0 fully saturated rings. The van der Waals surface area contributed by atoms with Gasteiger partial charge in [0.05, 0.1) is 27.7 Å². The first-order valence-electron chi connectivity index (χ1n) is 5.98. The van der Waals surface area contributed by atoms with Gasteiger partial charge in [-0.2, -0.15) is 0 Å². The number of nitrogen functional groups attached to an aromatic ring is 1. The molecular formula is C14H15ClN4O. The first-order valence-corrected chi connectivity index (χ1v) is 6.36. The van der Waals surface area contributed by atoms with E-state index in [1.807, 2.05) is 6.92 Å². The molecule has 0 aliphatic carbocycles. The number of hydrogen-bond donors (Lipinski definition) is 3. The van der Waals surface area contributed by atoms with Gasteiger partial charge in [0.1, 0.15) is 0 Å². The van der Waals surface area contributed by atoms with Crippen molar-refractivity contribution >= 4 is 34.6 Å². The number of rotatable bonds is 3. The fourth-order valence-corrected chi connectivity index (χ4v) is 2.19. The summed E-state index contributed by atoms with van der Waals surface area (Å²) in [5.74, 6) is -0.544. The molecule has 0 unspecified atom stereocenters. The number of carbonyl (C=O) groups excluding carboxylic acids is 1. The quantitative estimate of drug-likeness (QED) is 0.758.